The van der Waals surface area contributed by atoms with Crippen molar-refractivity contribution in [2.24, 2.45) is 10.8 Å². The Balaban J connectivity index is 1.82. The quantitative estimate of drug-likeness (QED) is 0.355. The molecule has 5 heteroatoms. The smallest absolute Gasteiger partial charge is 0.214 e. The Morgan fingerprint density at radius 2 is 2.05 bits per heavy atom. The maximum absolute atomic E-state index is 5.89. The van der Waals surface area contributed by atoms with Gasteiger partial charge in [0.25, 0.3) is 0 Å². The molecule has 108 valence electrons. The Morgan fingerprint density at radius 1 is 1.25 bits per heavy atom. The van der Waals surface area contributed by atoms with Crippen LogP contribution in [0.5, 0.6) is 0 Å². The first-order valence-electron chi connectivity index (χ1n) is 7.37. The minimum Gasteiger partial charge on any atom is -0.374 e. The first-order valence-corrected chi connectivity index (χ1v) is 7.37. The predicted molar refractivity (Wildman–Crippen MR) is 79.6 cm³/mol. The van der Waals surface area contributed by atoms with E-state index in [-0.39, 0.29) is 0 Å². The van der Waals surface area contributed by atoms with Gasteiger partial charge < -0.3 is 9.64 Å². The SMILES string of the molecule is NNC(=Nc1ccccc1)N1CCOC2CCCCC21. The summed E-state index contributed by atoms with van der Waals surface area (Å²) in [4.78, 5) is 6.92. The van der Waals surface area contributed by atoms with Crippen molar-refractivity contribution in [1.29, 1.82) is 0 Å². The first kappa shape index (κ1) is 13.4. The van der Waals surface area contributed by atoms with Gasteiger partial charge in [-0.2, -0.15) is 0 Å². The summed E-state index contributed by atoms with van der Waals surface area (Å²) < 4.78 is 5.89. The van der Waals surface area contributed by atoms with E-state index in [1.54, 1.807) is 0 Å². The molecule has 0 spiro atoms. The van der Waals surface area contributed by atoms with E-state index in [9.17, 15) is 0 Å². The van der Waals surface area contributed by atoms with Gasteiger partial charge in [0.1, 0.15) is 0 Å². The van der Waals surface area contributed by atoms with Gasteiger partial charge in [-0.1, -0.05) is 31.0 Å². The number of fused-ring (bicyclic) bond motifs is 1. The molecular weight excluding hydrogens is 252 g/mol. The number of rotatable bonds is 1. The Bertz CT molecular complexity index is 460. The maximum atomic E-state index is 5.89. The zero-order valence-electron chi connectivity index (χ0n) is 11.7. The normalized spacial score (nSPS) is 27.1. The highest BCUT2D eigenvalue weighted by atomic mass is 16.5. The molecule has 1 aromatic carbocycles. The number of ether oxygens (including phenoxy) is 1. The Morgan fingerprint density at radius 3 is 2.85 bits per heavy atom. The van der Waals surface area contributed by atoms with Gasteiger partial charge in [-0.15, -0.1) is 0 Å². The van der Waals surface area contributed by atoms with Gasteiger partial charge in [-0.05, 0) is 25.0 Å². The Hall–Kier alpha value is -1.59. The fourth-order valence-corrected chi connectivity index (χ4v) is 3.16. The molecule has 1 saturated heterocycles. The van der Waals surface area contributed by atoms with Crippen molar-refractivity contribution >= 4 is 11.6 Å². The third-order valence-corrected chi connectivity index (χ3v) is 4.12. The number of hydrogen-bond acceptors (Lipinski definition) is 3. The zero-order chi connectivity index (χ0) is 13.8. The summed E-state index contributed by atoms with van der Waals surface area (Å²) in [7, 11) is 0. The first-order chi connectivity index (χ1) is 9.88. The fraction of sp³-hybridized carbons (Fsp3) is 0.533. The molecule has 5 nitrogen and oxygen atoms in total. The third-order valence-electron chi connectivity index (χ3n) is 4.12. The summed E-state index contributed by atoms with van der Waals surface area (Å²) in [5, 5.41) is 0. The van der Waals surface area contributed by atoms with E-state index >= 15 is 0 Å². The van der Waals surface area contributed by atoms with Crippen molar-refractivity contribution in [2.75, 3.05) is 13.2 Å². The highest BCUT2D eigenvalue weighted by Gasteiger charge is 2.35. The van der Waals surface area contributed by atoms with Gasteiger partial charge in [-0.3, -0.25) is 5.43 Å². The number of hydrazine groups is 1. The summed E-state index contributed by atoms with van der Waals surface area (Å²) in [5.74, 6) is 6.46. The molecule has 3 rings (SSSR count). The number of morpholine rings is 1. The van der Waals surface area contributed by atoms with Crippen LogP contribution in [0, 0.1) is 0 Å². The molecule has 2 atom stereocenters. The van der Waals surface area contributed by atoms with E-state index in [4.69, 9.17) is 10.6 Å². The number of hydrogen-bond donors (Lipinski definition) is 2. The molecule has 3 N–H and O–H groups in total. The number of nitrogens with one attached hydrogen (secondary N) is 1. The lowest BCUT2D eigenvalue weighted by Gasteiger charge is -2.44. The van der Waals surface area contributed by atoms with E-state index in [2.05, 4.69) is 15.3 Å². The molecule has 0 bridgehead atoms. The van der Waals surface area contributed by atoms with Crippen LogP contribution in [0.1, 0.15) is 25.7 Å². The third kappa shape index (κ3) is 2.78. The van der Waals surface area contributed by atoms with E-state index in [0.29, 0.717) is 12.1 Å². The molecule has 0 amide bonds. The van der Waals surface area contributed by atoms with Crippen LogP contribution in [0.15, 0.2) is 35.3 Å². The van der Waals surface area contributed by atoms with Crippen LogP contribution in [0.3, 0.4) is 0 Å². The van der Waals surface area contributed by atoms with Crippen molar-refractivity contribution < 1.29 is 4.74 Å². The van der Waals surface area contributed by atoms with E-state index < -0.39 is 0 Å². The second kappa shape index (κ2) is 6.24. The average Bonchev–Trinajstić information content (AvgIpc) is 2.53. The Labute approximate surface area is 119 Å². The molecule has 2 aliphatic rings. The molecule has 20 heavy (non-hydrogen) atoms. The topological polar surface area (TPSA) is 62.9 Å². The lowest BCUT2D eigenvalue weighted by Crippen LogP contribution is -2.59. The lowest BCUT2D eigenvalue weighted by atomic mass is 9.90. The van der Waals surface area contributed by atoms with Crippen molar-refractivity contribution in [2.45, 2.75) is 37.8 Å². The minimum absolute atomic E-state index is 0.326. The average molecular weight is 274 g/mol. The summed E-state index contributed by atoms with van der Waals surface area (Å²) in [5.41, 5.74) is 3.69. The molecule has 2 unspecified atom stereocenters. The van der Waals surface area contributed by atoms with Crippen LogP contribution < -0.4 is 11.3 Å². The van der Waals surface area contributed by atoms with Crippen LogP contribution in [0.2, 0.25) is 0 Å². The second-order valence-corrected chi connectivity index (χ2v) is 5.37. The van der Waals surface area contributed by atoms with Crippen LogP contribution in [0.25, 0.3) is 0 Å². The molecule has 1 aromatic rings. The molecule has 1 aliphatic carbocycles. The molecule has 2 fully saturated rings. The molecular formula is C15H22N4O. The number of aliphatic imine (C=N–C) groups is 1. The molecule has 1 aliphatic heterocycles. The van der Waals surface area contributed by atoms with Crippen molar-refractivity contribution in [3.8, 4) is 0 Å². The summed E-state index contributed by atoms with van der Waals surface area (Å²) >= 11 is 0. The van der Waals surface area contributed by atoms with Gasteiger partial charge in [0, 0.05) is 6.54 Å². The van der Waals surface area contributed by atoms with Gasteiger partial charge >= 0.3 is 0 Å². The molecule has 1 saturated carbocycles. The summed E-state index contributed by atoms with van der Waals surface area (Å²) in [6, 6.07) is 10.3. The Kier molecular flexibility index (Phi) is 4.18. The van der Waals surface area contributed by atoms with Gasteiger partial charge in [0.2, 0.25) is 5.96 Å². The van der Waals surface area contributed by atoms with Gasteiger partial charge in [0.15, 0.2) is 0 Å². The van der Waals surface area contributed by atoms with E-state index in [1.165, 1.54) is 12.8 Å². The largest absolute Gasteiger partial charge is 0.374 e. The summed E-state index contributed by atoms with van der Waals surface area (Å²) in [6.07, 6.45) is 5.14. The number of nitrogens with zero attached hydrogens (tertiary/aromatic N) is 2. The predicted octanol–water partition coefficient (Wildman–Crippen LogP) is 1.78. The van der Waals surface area contributed by atoms with Crippen molar-refractivity contribution in [1.82, 2.24) is 10.3 Å². The van der Waals surface area contributed by atoms with Crippen LogP contribution >= 0.6 is 0 Å². The lowest BCUT2D eigenvalue weighted by molar-refractivity contribution is -0.0647. The standard InChI is InChI=1S/C15H22N4O/c16-18-15(17-12-6-2-1-3-7-12)19-10-11-20-14-9-5-4-8-13(14)19/h1-3,6-7,13-14H,4-5,8-11,16H2,(H,17,18). The van der Waals surface area contributed by atoms with Gasteiger partial charge in [-0.25, -0.2) is 10.8 Å². The van der Waals surface area contributed by atoms with E-state index in [1.807, 2.05) is 30.3 Å². The number of benzene rings is 1. The highest BCUT2D eigenvalue weighted by Crippen LogP contribution is 2.28. The maximum Gasteiger partial charge on any atom is 0.214 e. The second-order valence-electron chi connectivity index (χ2n) is 5.37. The summed E-state index contributed by atoms with van der Waals surface area (Å²) in [6.45, 7) is 1.59. The molecule has 0 radical (unpaired) electrons. The number of nitrogens with two attached hydrogens (primary N) is 1. The number of para-hydroxylation sites is 1. The van der Waals surface area contributed by atoms with Crippen molar-refractivity contribution in [3.63, 3.8) is 0 Å². The van der Waals surface area contributed by atoms with Crippen LogP contribution in [-0.4, -0.2) is 36.2 Å². The monoisotopic (exact) mass is 274 g/mol. The number of guanidine groups is 1. The van der Waals surface area contributed by atoms with Gasteiger partial charge in [0.05, 0.1) is 24.4 Å². The molecule has 0 aromatic heterocycles. The van der Waals surface area contributed by atoms with E-state index in [0.717, 1.165) is 37.6 Å². The zero-order valence-corrected chi connectivity index (χ0v) is 11.7. The van der Waals surface area contributed by atoms with Crippen molar-refractivity contribution in [3.05, 3.63) is 30.3 Å². The molecule has 1 heterocycles. The fourth-order valence-electron chi connectivity index (χ4n) is 3.16. The highest BCUT2D eigenvalue weighted by molar-refractivity contribution is 5.82. The van der Waals surface area contributed by atoms with Crippen LogP contribution in [-0.2, 0) is 4.74 Å². The van der Waals surface area contributed by atoms with Crippen LogP contribution in [0.4, 0.5) is 5.69 Å². The minimum atomic E-state index is 0.326.